The van der Waals surface area contributed by atoms with Gasteiger partial charge in [0, 0.05) is 42.3 Å². The molecule has 9 heteroatoms. The van der Waals surface area contributed by atoms with Crippen LogP contribution in [0.15, 0.2) is 54.0 Å². The number of rotatable bonds is 5. The van der Waals surface area contributed by atoms with E-state index in [0.29, 0.717) is 44.1 Å². The predicted molar refractivity (Wildman–Crippen MR) is 119 cm³/mol. The molecular weight excluding hydrogens is 439 g/mol. The Bertz CT molecular complexity index is 1080. The van der Waals surface area contributed by atoms with E-state index >= 15 is 0 Å². The van der Waals surface area contributed by atoms with E-state index in [1.165, 1.54) is 12.1 Å². The molecule has 160 valence electrons. The lowest BCUT2D eigenvalue weighted by molar-refractivity contribution is 0.0741. The van der Waals surface area contributed by atoms with Gasteiger partial charge in [0.25, 0.3) is 11.8 Å². The largest absolute Gasteiger partial charge is 0.352 e. The van der Waals surface area contributed by atoms with E-state index in [2.05, 4.69) is 10.3 Å². The molecule has 2 amide bonds. The van der Waals surface area contributed by atoms with Crippen LogP contribution < -0.4 is 10.2 Å². The SMILES string of the molecule is O=C(NCc1cccs1)c1cccnc1N1CCN(C(=O)c2ccc(Cl)cc2F)CC1. The maximum Gasteiger partial charge on any atom is 0.256 e. The second kappa shape index (κ2) is 9.45. The summed E-state index contributed by atoms with van der Waals surface area (Å²) in [6.07, 6.45) is 1.64. The number of piperazine rings is 1. The van der Waals surface area contributed by atoms with E-state index in [1.807, 2.05) is 22.4 Å². The minimum absolute atomic E-state index is 0.00401. The molecule has 1 fully saturated rings. The van der Waals surface area contributed by atoms with Crippen molar-refractivity contribution >= 4 is 40.6 Å². The summed E-state index contributed by atoms with van der Waals surface area (Å²) in [6.45, 7) is 2.23. The van der Waals surface area contributed by atoms with Crippen molar-refractivity contribution in [2.24, 2.45) is 0 Å². The minimum atomic E-state index is -0.630. The number of nitrogens with zero attached hydrogens (tertiary/aromatic N) is 3. The van der Waals surface area contributed by atoms with Crippen LogP contribution in [0.5, 0.6) is 0 Å². The Morgan fingerprint density at radius 2 is 1.90 bits per heavy atom. The van der Waals surface area contributed by atoms with Crippen molar-refractivity contribution in [1.82, 2.24) is 15.2 Å². The number of benzene rings is 1. The van der Waals surface area contributed by atoms with Crippen LogP contribution in [0.3, 0.4) is 0 Å². The lowest BCUT2D eigenvalue weighted by Crippen LogP contribution is -2.49. The molecule has 3 heterocycles. The molecule has 0 bridgehead atoms. The van der Waals surface area contributed by atoms with E-state index in [9.17, 15) is 14.0 Å². The smallest absolute Gasteiger partial charge is 0.256 e. The highest BCUT2D eigenvalue weighted by atomic mass is 35.5. The van der Waals surface area contributed by atoms with Gasteiger partial charge in [0.1, 0.15) is 11.6 Å². The summed E-state index contributed by atoms with van der Waals surface area (Å²) in [7, 11) is 0. The molecule has 4 rings (SSSR count). The van der Waals surface area contributed by atoms with Crippen LogP contribution in [0.4, 0.5) is 10.2 Å². The number of carbonyl (C=O) groups is 2. The monoisotopic (exact) mass is 458 g/mol. The minimum Gasteiger partial charge on any atom is -0.352 e. The molecule has 2 aromatic heterocycles. The van der Waals surface area contributed by atoms with Crippen LogP contribution in [-0.4, -0.2) is 47.9 Å². The van der Waals surface area contributed by atoms with Crippen LogP contribution in [0.2, 0.25) is 5.02 Å². The topological polar surface area (TPSA) is 65.5 Å². The fourth-order valence-corrected chi connectivity index (χ4v) is 4.26. The zero-order valence-electron chi connectivity index (χ0n) is 16.6. The van der Waals surface area contributed by atoms with E-state index in [1.54, 1.807) is 34.6 Å². The summed E-state index contributed by atoms with van der Waals surface area (Å²) in [5, 5.41) is 5.14. The average molecular weight is 459 g/mol. The summed E-state index contributed by atoms with van der Waals surface area (Å²) in [6, 6.07) is 11.4. The first-order chi connectivity index (χ1) is 15.0. The molecule has 1 aliphatic heterocycles. The Morgan fingerprint density at radius 1 is 1.10 bits per heavy atom. The molecule has 3 aromatic rings. The zero-order valence-corrected chi connectivity index (χ0v) is 18.1. The molecule has 0 saturated carbocycles. The molecule has 0 spiro atoms. The second-order valence-electron chi connectivity index (χ2n) is 7.04. The molecule has 1 aliphatic rings. The number of amides is 2. The van der Waals surface area contributed by atoms with Gasteiger partial charge in [-0.3, -0.25) is 9.59 Å². The highest BCUT2D eigenvalue weighted by Gasteiger charge is 2.26. The van der Waals surface area contributed by atoms with E-state index in [4.69, 9.17) is 11.6 Å². The third-order valence-electron chi connectivity index (χ3n) is 5.06. The second-order valence-corrected chi connectivity index (χ2v) is 8.51. The number of hydrogen-bond acceptors (Lipinski definition) is 5. The maximum absolute atomic E-state index is 14.1. The zero-order chi connectivity index (χ0) is 21.8. The van der Waals surface area contributed by atoms with Gasteiger partial charge in [-0.15, -0.1) is 11.3 Å². The Labute approximate surface area is 188 Å². The molecule has 1 N–H and O–H groups in total. The van der Waals surface area contributed by atoms with Gasteiger partial charge in [0.05, 0.1) is 17.7 Å². The molecule has 6 nitrogen and oxygen atoms in total. The first kappa shape index (κ1) is 21.3. The molecule has 1 saturated heterocycles. The lowest BCUT2D eigenvalue weighted by atomic mass is 10.1. The summed E-state index contributed by atoms with van der Waals surface area (Å²) in [5.74, 6) is -0.618. The molecule has 0 unspecified atom stereocenters. The fraction of sp³-hybridized carbons (Fsp3) is 0.227. The number of thiophene rings is 1. The molecule has 1 aromatic carbocycles. The highest BCUT2D eigenvalue weighted by molar-refractivity contribution is 7.09. The van der Waals surface area contributed by atoms with Gasteiger partial charge in [-0.25, -0.2) is 9.37 Å². The van der Waals surface area contributed by atoms with Crippen LogP contribution in [-0.2, 0) is 6.54 Å². The van der Waals surface area contributed by atoms with E-state index in [0.717, 1.165) is 10.9 Å². The third-order valence-corrected chi connectivity index (χ3v) is 6.17. The average Bonchev–Trinajstić information content (AvgIpc) is 3.31. The quantitative estimate of drug-likeness (QED) is 0.631. The maximum atomic E-state index is 14.1. The van der Waals surface area contributed by atoms with Crippen molar-refractivity contribution in [3.8, 4) is 0 Å². The van der Waals surface area contributed by atoms with Crippen molar-refractivity contribution in [3.63, 3.8) is 0 Å². The Kier molecular flexibility index (Phi) is 6.48. The molecular formula is C22H20ClFN4O2S. The molecule has 0 radical (unpaired) electrons. The first-order valence-electron chi connectivity index (χ1n) is 9.78. The fourth-order valence-electron chi connectivity index (χ4n) is 3.46. The number of aromatic nitrogens is 1. The van der Waals surface area contributed by atoms with Gasteiger partial charge in [-0.2, -0.15) is 0 Å². The Balaban J connectivity index is 1.42. The van der Waals surface area contributed by atoms with Crippen LogP contribution in [0.1, 0.15) is 25.6 Å². The van der Waals surface area contributed by atoms with Gasteiger partial charge in [-0.05, 0) is 41.8 Å². The van der Waals surface area contributed by atoms with Crippen molar-refractivity contribution in [2.45, 2.75) is 6.54 Å². The number of nitrogens with one attached hydrogen (secondary N) is 1. The molecule has 0 aliphatic carbocycles. The van der Waals surface area contributed by atoms with Crippen molar-refractivity contribution < 1.29 is 14.0 Å². The van der Waals surface area contributed by atoms with Gasteiger partial charge < -0.3 is 15.1 Å². The van der Waals surface area contributed by atoms with E-state index < -0.39 is 5.82 Å². The van der Waals surface area contributed by atoms with Crippen molar-refractivity contribution in [3.05, 3.63) is 80.9 Å². The number of carbonyl (C=O) groups excluding carboxylic acids is 2. The summed E-state index contributed by atoms with van der Waals surface area (Å²) >= 11 is 7.36. The highest BCUT2D eigenvalue weighted by Crippen LogP contribution is 2.21. The number of pyridine rings is 1. The lowest BCUT2D eigenvalue weighted by Gasteiger charge is -2.36. The van der Waals surface area contributed by atoms with Crippen LogP contribution in [0, 0.1) is 5.82 Å². The van der Waals surface area contributed by atoms with Gasteiger partial charge in [0.2, 0.25) is 0 Å². The Hall–Kier alpha value is -2.97. The summed E-state index contributed by atoms with van der Waals surface area (Å²) < 4.78 is 14.1. The number of halogens is 2. The number of anilines is 1. The first-order valence-corrected chi connectivity index (χ1v) is 11.0. The van der Waals surface area contributed by atoms with Gasteiger partial charge in [0.15, 0.2) is 0 Å². The van der Waals surface area contributed by atoms with Crippen molar-refractivity contribution in [2.75, 3.05) is 31.1 Å². The summed E-state index contributed by atoms with van der Waals surface area (Å²) in [4.78, 5) is 34.5. The standard InChI is InChI=1S/C22H20ClFN4O2S/c23-15-5-6-17(19(24)13-15)22(30)28-10-8-27(9-11-28)20-18(4-1-7-25-20)21(29)26-14-16-3-2-12-31-16/h1-7,12-13H,8-11,14H2,(H,26,29). The van der Waals surface area contributed by atoms with Gasteiger partial charge in [-0.1, -0.05) is 17.7 Å². The third kappa shape index (κ3) is 4.86. The van der Waals surface area contributed by atoms with Gasteiger partial charge >= 0.3 is 0 Å². The molecule has 0 atom stereocenters. The normalized spacial score (nSPS) is 13.9. The number of hydrogen-bond donors (Lipinski definition) is 1. The predicted octanol–water partition coefficient (Wildman–Crippen LogP) is 3.83. The van der Waals surface area contributed by atoms with Crippen molar-refractivity contribution in [1.29, 1.82) is 0 Å². The Morgan fingerprint density at radius 3 is 2.61 bits per heavy atom. The van der Waals surface area contributed by atoms with E-state index in [-0.39, 0.29) is 22.4 Å². The van der Waals surface area contributed by atoms with Crippen LogP contribution in [0.25, 0.3) is 0 Å². The summed E-state index contributed by atoms with van der Waals surface area (Å²) in [5.41, 5.74) is 0.493. The molecule has 31 heavy (non-hydrogen) atoms. The van der Waals surface area contributed by atoms with Crippen LogP contribution >= 0.6 is 22.9 Å².